The maximum Gasteiger partial charge on any atom is 0.189 e. The number of nitrogens with one attached hydrogen (secondary N) is 1. The van der Waals surface area contributed by atoms with Crippen molar-refractivity contribution in [3.63, 3.8) is 0 Å². The van der Waals surface area contributed by atoms with Crippen LogP contribution >= 0.6 is 11.6 Å². The summed E-state index contributed by atoms with van der Waals surface area (Å²) in [6.07, 6.45) is 0. The maximum absolute atomic E-state index is 9.22. The number of benzene rings is 1. The monoisotopic (exact) mass is 293 g/mol. The Morgan fingerprint density at radius 2 is 2.40 bits per heavy atom. The van der Waals surface area contributed by atoms with Crippen molar-refractivity contribution >= 4 is 11.6 Å². The predicted molar refractivity (Wildman–Crippen MR) is 74.4 cm³/mol. The van der Waals surface area contributed by atoms with E-state index in [0.29, 0.717) is 24.7 Å². The van der Waals surface area contributed by atoms with Crippen molar-refractivity contribution < 1.29 is 9.47 Å². The van der Waals surface area contributed by atoms with Crippen molar-refractivity contribution in [2.75, 3.05) is 26.4 Å². The molecule has 1 aromatic rings. The molecule has 1 fully saturated rings. The standard InChI is InChI=1S/C14H16ClN3O2/c15-12-3-10(14-11(4-12)8-19-9-20-14)7-18-2-1-17-6-13(18)5-16/h3-4,13,17H,1-2,6-9H2. The first-order valence-corrected chi connectivity index (χ1v) is 7.02. The molecule has 106 valence electrons. The Bertz CT molecular complexity index is 544. The second kappa shape index (κ2) is 5.98. The summed E-state index contributed by atoms with van der Waals surface area (Å²) < 4.78 is 10.9. The van der Waals surface area contributed by atoms with Crippen molar-refractivity contribution in [1.82, 2.24) is 10.2 Å². The lowest BCUT2D eigenvalue weighted by Crippen LogP contribution is -2.50. The Morgan fingerprint density at radius 3 is 3.25 bits per heavy atom. The highest BCUT2D eigenvalue weighted by atomic mass is 35.5. The largest absolute Gasteiger partial charge is 0.467 e. The SMILES string of the molecule is N#CC1CNCCN1Cc1cc(Cl)cc2c1OCOC2. The van der Waals surface area contributed by atoms with Crippen LogP contribution in [0.4, 0.5) is 0 Å². The Hall–Kier alpha value is -1.32. The molecular weight excluding hydrogens is 278 g/mol. The summed E-state index contributed by atoms with van der Waals surface area (Å²) in [6.45, 7) is 3.89. The number of rotatable bonds is 2. The van der Waals surface area contributed by atoms with Crippen molar-refractivity contribution in [1.29, 1.82) is 5.26 Å². The van der Waals surface area contributed by atoms with E-state index in [1.807, 2.05) is 12.1 Å². The minimum atomic E-state index is -0.113. The van der Waals surface area contributed by atoms with Gasteiger partial charge in [-0.1, -0.05) is 11.6 Å². The number of ether oxygens (including phenoxy) is 2. The average molecular weight is 294 g/mol. The molecule has 0 saturated carbocycles. The van der Waals surface area contributed by atoms with E-state index in [-0.39, 0.29) is 12.8 Å². The molecule has 20 heavy (non-hydrogen) atoms. The molecule has 0 aliphatic carbocycles. The van der Waals surface area contributed by atoms with Gasteiger partial charge in [-0.3, -0.25) is 4.90 Å². The van der Waals surface area contributed by atoms with Gasteiger partial charge in [0.15, 0.2) is 6.79 Å². The van der Waals surface area contributed by atoms with E-state index in [2.05, 4.69) is 16.3 Å². The third-order valence-electron chi connectivity index (χ3n) is 3.63. The van der Waals surface area contributed by atoms with Crippen LogP contribution in [0.15, 0.2) is 12.1 Å². The normalized spacial score (nSPS) is 22.7. The first kappa shape index (κ1) is 13.7. The molecule has 1 aromatic carbocycles. The molecular formula is C14H16ClN3O2. The number of piperazine rings is 1. The second-order valence-electron chi connectivity index (χ2n) is 4.98. The van der Waals surface area contributed by atoms with Crippen molar-refractivity contribution in [2.24, 2.45) is 0 Å². The molecule has 2 heterocycles. The molecule has 1 saturated heterocycles. The van der Waals surface area contributed by atoms with Crippen molar-refractivity contribution in [3.8, 4) is 11.8 Å². The van der Waals surface area contributed by atoms with Gasteiger partial charge >= 0.3 is 0 Å². The van der Waals surface area contributed by atoms with Crippen LogP contribution in [0.25, 0.3) is 0 Å². The molecule has 1 atom stereocenters. The lowest BCUT2D eigenvalue weighted by Gasteiger charge is -2.33. The van der Waals surface area contributed by atoms with Crippen molar-refractivity contribution in [3.05, 3.63) is 28.3 Å². The minimum absolute atomic E-state index is 0.113. The zero-order chi connectivity index (χ0) is 13.9. The Morgan fingerprint density at radius 1 is 1.50 bits per heavy atom. The molecule has 2 aliphatic rings. The van der Waals surface area contributed by atoms with Gasteiger partial charge in [0, 0.05) is 42.3 Å². The fourth-order valence-corrected chi connectivity index (χ4v) is 2.92. The molecule has 1 unspecified atom stereocenters. The number of hydrogen-bond donors (Lipinski definition) is 1. The number of halogens is 1. The molecule has 6 heteroatoms. The van der Waals surface area contributed by atoms with Crippen LogP contribution < -0.4 is 10.1 Å². The summed E-state index contributed by atoms with van der Waals surface area (Å²) in [5.41, 5.74) is 2.00. The van der Waals surface area contributed by atoms with Crippen LogP contribution in [0.5, 0.6) is 5.75 Å². The maximum atomic E-state index is 9.22. The molecule has 0 aromatic heterocycles. The Labute approximate surface area is 123 Å². The number of nitriles is 1. The van der Waals surface area contributed by atoms with E-state index in [1.165, 1.54) is 0 Å². The first-order valence-electron chi connectivity index (χ1n) is 6.64. The summed E-state index contributed by atoms with van der Waals surface area (Å²) in [5.74, 6) is 0.857. The van der Waals surface area contributed by atoms with Crippen LogP contribution in [0.1, 0.15) is 11.1 Å². The first-order chi connectivity index (χ1) is 9.78. The van der Waals surface area contributed by atoms with E-state index >= 15 is 0 Å². The predicted octanol–water partition coefficient (Wildman–Crippen LogP) is 1.50. The van der Waals surface area contributed by atoms with Crippen LogP contribution in [-0.2, 0) is 17.9 Å². The zero-order valence-corrected chi connectivity index (χ0v) is 11.8. The minimum Gasteiger partial charge on any atom is -0.467 e. The van der Waals surface area contributed by atoms with Crippen LogP contribution in [0.3, 0.4) is 0 Å². The average Bonchev–Trinajstić information content (AvgIpc) is 2.47. The van der Waals surface area contributed by atoms with E-state index in [1.54, 1.807) is 0 Å². The summed E-state index contributed by atoms with van der Waals surface area (Å²) in [6, 6.07) is 6.01. The second-order valence-corrected chi connectivity index (χ2v) is 5.42. The molecule has 2 aliphatic heterocycles. The van der Waals surface area contributed by atoms with E-state index < -0.39 is 0 Å². The third-order valence-corrected chi connectivity index (χ3v) is 3.85. The highest BCUT2D eigenvalue weighted by Crippen LogP contribution is 2.32. The summed E-state index contributed by atoms with van der Waals surface area (Å²) in [4.78, 5) is 2.15. The van der Waals surface area contributed by atoms with Gasteiger partial charge in [0.25, 0.3) is 0 Å². The number of fused-ring (bicyclic) bond motifs is 1. The van der Waals surface area contributed by atoms with E-state index in [4.69, 9.17) is 21.1 Å². The van der Waals surface area contributed by atoms with Gasteiger partial charge < -0.3 is 14.8 Å². The van der Waals surface area contributed by atoms with Gasteiger partial charge in [0.2, 0.25) is 0 Å². The number of hydrogen-bond acceptors (Lipinski definition) is 5. The molecule has 0 radical (unpaired) electrons. The van der Waals surface area contributed by atoms with Crippen LogP contribution in [-0.4, -0.2) is 37.4 Å². The molecule has 5 nitrogen and oxygen atoms in total. The highest BCUT2D eigenvalue weighted by molar-refractivity contribution is 6.30. The molecule has 0 spiro atoms. The Balaban J connectivity index is 1.86. The zero-order valence-electron chi connectivity index (χ0n) is 11.1. The Kier molecular flexibility index (Phi) is 4.08. The highest BCUT2D eigenvalue weighted by Gasteiger charge is 2.24. The summed E-state index contributed by atoms with van der Waals surface area (Å²) >= 11 is 6.16. The molecule has 0 bridgehead atoms. The van der Waals surface area contributed by atoms with Gasteiger partial charge in [0.05, 0.1) is 12.7 Å². The molecule has 1 N–H and O–H groups in total. The van der Waals surface area contributed by atoms with Gasteiger partial charge in [-0.05, 0) is 12.1 Å². The van der Waals surface area contributed by atoms with Gasteiger partial charge in [-0.15, -0.1) is 0 Å². The van der Waals surface area contributed by atoms with Gasteiger partial charge in [-0.25, -0.2) is 0 Å². The summed E-state index contributed by atoms with van der Waals surface area (Å²) in [5, 5.41) is 13.1. The van der Waals surface area contributed by atoms with E-state index in [0.717, 1.165) is 30.0 Å². The smallest absolute Gasteiger partial charge is 0.189 e. The van der Waals surface area contributed by atoms with Crippen molar-refractivity contribution in [2.45, 2.75) is 19.2 Å². The fraction of sp³-hybridized carbons (Fsp3) is 0.500. The van der Waals surface area contributed by atoms with Gasteiger partial charge in [-0.2, -0.15) is 5.26 Å². The quantitative estimate of drug-likeness (QED) is 0.895. The fourth-order valence-electron chi connectivity index (χ4n) is 2.66. The van der Waals surface area contributed by atoms with Crippen LogP contribution in [0.2, 0.25) is 5.02 Å². The number of nitrogens with zero attached hydrogens (tertiary/aromatic N) is 2. The summed E-state index contributed by atoms with van der Waals surface area (Å²) in [7, 11) is 0. The lowest BCUT2D eigenvalue weighted by molar-refractivity contribution is -0.0176. The molecule has 0 amide bonds. The topological polar surface area (TPSA) is 57.5 Å². The van der Waals surface area contributed by atoms with Crippen LogP contribution in [0, 0.1) is 11.3 Å². The van der Waals surface area contributed by atoms with Gasteiger partial charge in [0.1, 0.15) is 11.8 Å². The molecule has 3 rings (SSSR count). The lowest BCUT2D eigenvalue weighted by atomic mass is 10.1. The van der Waals surface area contributed by atoms with E-state index in [9.17, 15) is 5.26 Å². The third kappa shape index (κ3) is 2.74.